The van der Waals surface area contributed by atoms with Crippen LogP contribution < -0.4 is 10.5 Å². The molecule has 0 fully saturated rings. The van der Waals surface area contributed by atoms with Crippen molar-refractivity contribution in [3.8, 4) is 5.75 Å². The van der Waals surface area contributed by atoms with Crippen molar-refractivity contribution in [1.29, 1.82) is 0 Å². The number of nitrogens with zero attached hydrogens (tertiary/aromatic N) is 1. The normalized spacial score (nSPS) is 10.0. The van der Waals surface area contributed by atoms with E-state index >= 15 is 0 Å². The highest BCUT2D eigenvalue weighted by Crippen LogP contribution is 2.28. The molecule has 1 rings (SSSR count). The highest BCUT2D eigenvalue weighted by Gasteiger charge is 2.12. The highest BCUT2D eigenvalue weighted by molar-refractivity contribution is 6.32. The summed E-state index contributed by atoms with van der Waals surface area (Å²) in [7, 11) is 0. The van der Waals surface area contributed by atoms with Crippen molar-refractivity contribution in [2.45, 2.75) is 6.42 Å². The number of nitro groups is 1. The number of hydrogen-bond donors (Lipinski definition) is 1. The van der Waals surface area contributed by atoms with E-state index in [9.17, 15) is 10.1 Å². The van der Waals surface area contributed by atoms with Crippen LogP contribution in [0.2, 0.25) is 5.02 Å². The number of nitrogens with two attached hydrogens (primary N) is 1. The number of ether oxygens (including phenoxy) is 1. The van der Waals surface area contributed by atoms with Gasteiger partial charge in [-0.25, -0.2) is 0 Å². The fourth-order valence-electron chi connectivity index (χ4n) is 0.999. The van der Waals surface area contributed by atoms with Crippen molar-refractivity contribution >= 4 is 17.3 Å². The van der Waals surface area contributed by atoms with Gasteiger partial charge in [-0.05, 0) is 19.0 Å². The van der Waals surface area contributed by atoms with Crippen molar-refractivity contribution in [2.24, 2.45) is 5.73 Å². The van der Waals surface area contributed by atoms with Gasteiger partial charge in [-0.15, -0.1) is 0 Å². The third kappa shape index (κ3) is 3.38. The van der Waals surface area contributed by atoms with Crippen LogP contribution in [0.15, 0.2) is 18.2 Å². The summed E-state index contributed by atoms with van der Waals surface area (Å²) >= 11 is 5.69. The van der Waals surface area contributed by atoms with E-state index in [0.29, 0.717) is 18.9 Å². The fourth-order valence-corrected chi connectivity index (χ4v) is 1.24. The van der Waals surface area contributed by atoms with Crippen LogP contribution in [-0.4, -0.2) is 18.1 Å². The Kier molecular flexibility index (Phi) is 4.33. The van der Waals surface area contributed by atoms with Crippen LogP contribution in [0.1, 0.15) is 6.42 Å². The standard InChI is InChI=1S/C9H11ClN2O3/c10-8-6-7(15-5-1-4-11)2-3-9(8)12(13)14/h2-3,6H,1,4-5,11H2. The molecule has 0 aromatic heterocycles. The minimum atomic E-state index is -0.536. The van der Waals surface area contributed by atoms with E-state index in [4.69, 9.17) is 22.1 Å². The molecule has 0 spiro atoms. The van der Waals surface area contributed by atoms with E-state index in [1.54, 1.807) is 0 Å². The van der Waals surface area contributed by atoms with E-state index in [2.05, 4.69) is 0 Å². The second-order valence-corrected chi connectivity index (χ2v) is 3.27. The fraction of sp³-hybridized carbons (Fsp3) is 0.333. The Morgan fingerprint density at radius 1 is 1.53 bits per heavy atom. The van der Waals surface area contributed by atoms with Gasteiger partial charge in [-0.1, -0.05) is 11.6 Å². The molecule has 6 heteroatoms. The molecule has 0 aliphatic carbocycles. The van der Waals surface area contributed by atoms with Gasteiger partial charge in [0.1, 0.15) is 10.8 Å². The zero-order valence-electron chi connectivity index (χ0n) is 7.98. The van der Waals surface area contributed by atoms with Crippen LogP contribution in [-0.2, 0) is 0 Å². The summed E-state index contributed by atoms with van der Waals surface area (Å²) in [6, 6.07) is 4.26. The van der Waals surface area contributed by atoms with E-state index in [1.807, 2.05) is 0 Å². The summed E-state index contributed by atoms with van der Waals surface area (Å²) in [6.45, 7) is 1.02. The summed E-state index contributed by atoms with van der Waals surface area (Å²) in [5.41, 5.74) is 5.17. The molecule has 0 aliphatic heterocycles. The Morgan fingerprint density at radius 3 is 2.80 bits per heavy atom. The maximum Gasteiger partial charge on any atom is 0.288 e. The van der Waals surface area contributed by atoms with Gasteiger partial charge in [0.05, 0.1) is 11.5 Å². The summed E-state index contributed by atoms with van der Waals surface area (Å²) in [6.07, 6.45) is 0.731. The lowest BCUT2D eigenvalue weighted by Gasteiger charge is -2.05. The number of halogens is 1. The van der Waals surface area contributed by atoms with Gasteiger partial charge in [0.15, 0.2) is 0 Å². The molecule has 15 heavy (non-hydrogen) atoms. The van der Waals surface area contributed by atoms with Gasteiger partial charge in [0.2, 0.25) is 0 Å². The SMILES string of the molecule is NCCCOc1ccc([N+](=O)[O-])c(Cl)c1. The number of rotatable bonds is 5. The lowest BCUT2D eigenvalue weighted by Crippen LogP contribution is -2.06. The average molecular weight is 231 g/mol. The Morgan fingerprint density at radius 2 is 2.27 bits per heavy atom. The van der Waals surface area contributed by atoms with Crippen molar-refractivity contribution in [3.05, 3.63) is 33.3 Å². The van der Waals surface area contributed by atoms with Gasteiger partial charge < -0.3 is 10.5 Å². The second kappa shape index (κ2) is 5.53. The zero-order valence-corrected chi connectivity index (χ0v) is 8.74. The third-order valence-corrected chi connectivity index (χ3v) is 2.04. The molecule has 0 bridgehead atoms. The van der Waals surface area contributed by atoms with E-state index < -0.39 is 4.92 Å². The first-order valence-electron chi connectivity index (χ1n) is 4.42. The van der Waals surface area contributed by atoms with Gasteiger partial charge in [-0.3, -0.25) is 10.1 Å². The van der Waals surface area contributed by atoms with Crippen LogP contribution in [0.3, 0.4) is 0 Å². The first kappa shape index (κ1) is 11.7. The highest BCUT2D eigenvalue weighted by atomic mass is 35.5. The summed E-state index contributed by atoms with van der Waals surface area (Å²) in [5.74, 6) is 0.513. The summed E-state index contributed by atoms with van der Waals surface area (Å²) < 4.78 is 5.27. The molecule has 0 heterocycles. The largest absolute Gasteiger partial charge is 0.493 e. The average Bonchev–Trinajstić information content (AvgIpc) is 2.17. The summed E-state index contributed by atoms with van der Waals surface area (Å²) in [4.78, 5) is 9.92. The van der Waals surface area contributed by atoms with Gasteiger partial charge >= 0.3 is 0 Å². The van der Waals surface area contributed by atoms with Crippen molar-refractivity contribution in [1.82, 2.24) is 0 Å². The minimum Gasteiger partial charge on any atom is -0.493 e. The van der Waals surface area contributed by atoms with E-state index in [0.717, 1.165) is 6.42 Å². The quantitative estimate of drug-likeness (QED) is 0.477. The van der Waals surface area contributed by atoms with Gasteiger partial charge in [0, 0.05) is 12.1 Å². The predicted molar refractivity (Wildman–Crippen MR) is 57.3 cm³/mol. The molecule has 0 atom stereocenters. The Hall–Kier alpha value is -1.33. The molecule has 0 saturated carbocycles. The van der Waals surface area contributed by atoms with Gasteiger partial charge in [-0.2, -0.15) is 0 Å². The van der Waals surface area contributed by atoms with E-state index in [1.165, 1.54) is 18.2 Å². The first-order valence-corrected chi connectivity index (χ1v) is 4.79. The van der Waals surface area contributed by atoms with E-state index in [-0.39, 0.29) is 10.7 Å². The van der Waals surface area contributed by atoms with Crippen molar-refractivity contribution < 1.29 is 9.66 Å². The molecule has 0 amide bonds. The third-order valence-electron chi connectivity index (χ3n) is 1.73. The Labute approximate surface area is 91.9 Å². The smallest absolute Gasteiger partial charge is 0.288 e. The number of hydrogen-bond acceptors (Lipinski definition) is 4. The molecule has 1 aromatic carbocycles. The van der Waals surface area contributed by atoms with Crippen LogP contribution in [0, 0.1) is 10.1 Å². The molecular formula is C9H11ClN2O3. The van der Waals surface area contributed by atoms with Crippen molar-refractivity contribution in [3.63, 3.8) is 0 Å². The maximum absolute atomic E-state index is 10.5. The molecule has 0 radical (unpaired) electrons. The molecule has 82 valence electrons. The van der Waals surface area contributed by atoms with Crippen LogP contribution in [0.25, 0.3) is 0 Å². The zero-order chi connectivity index (χ0) is 11.3. The lowest BCUT2D eigenvalue weighted by atomic mass is 10.3. The predicted octanol–water partition coefficient (Wildman–Crippen LogP) is 1.98. The molecule has 2 N–H and O–H groups in total. The molecule has 0 aliphatic rings. The number of nitro benzene ring substituents is 1. The molecule has 0 unspecified atom stereocenters. The molecule has 1 aromatic rings. The monoisotopic (exact) mass is 230 g/mol. The van der Waals surface area contributed by atoms with Crippen LogP contribution in [0.5, 0.6) is 5.75 Å². The molecule has 5 nitrogen and oxygen atoms in total. The molecular weight excluding hydrogens is 220 g/mol. The van der Waals surface area contributed by atoms with Crippen LogP contribution >= 0.6 is 11.6 Å². The Bertz CT molecular complexity index is 357. The maximum atomic E-state index is 10.5. The number of benzene rings is 1. The second-order valence-electron chi connectivity index (χ2n) is 2.86. The lowest BCUT2D eigenvalue weighted by molar-refractivity contribution is -0.384. The Balaban J connectivity index is 2.69. The minimum absolute atomic E-state index is 0.0743. The van der Waals surface area contributed by atoms with Gasteiger partial charge in [0.25, 0.3) is 5.69 Å². The van der Waals surface area contributed by atoms with Crippen LogP contribution in [0.4, 0.5) is 5.69 Å². The van der Waals surface area contributed by atoms with Crippen molar-refractivity contribution in [2.75, 3.05) is 13.2 Å². The first-order chi connectivity index (χ1) is 7.15. The summed E-state index contributed by atoms with van der Waals surface area (Å²) in [5, 5.41) is 10.5. The molecule has 0 saturated heterocycles. The topological polar surface area (TPSA) is 78.4 Å².